The standard InChI is InChI=1S/C14H24N2S2/c1-5-15-8-11-13(10-6-7-10)16-12(18-11)9-17-14(2,3)4/h10,15H,5-9H2,1-4H3. The summed E-state index contributed by atoms with van der Waals surface area (Å²) in [7, 11) is 0. The van der Waals surface area contributed by atoms with Crippen molar-refractivity contribution >= 4 is 23.1 Å². The molecule has 0 saturated heterocycles. The van der Waals surface area contributed by atoms with Gasteiger partial charge in [-0.25, -0.2) is 4.98 Å². The minimum absolute atomic E-state index is 0.327. The molecule has 1 aromatic rings. The molecule has 1 aliphatic carbocycles. The maximum atomic E-state index is 4.89. The van der Waals surface area contributed by atoms with Crippen LogP contribution in [-0.2, 0) is 12.3 Å². The van der Waals surface area contributed by atoms with Crippen LogP contribution in [0.25, 0.3) is 0 Å². The topological polar surface area (TPSA) is 24.9 Å². The average Bonchev–Trinajstić information content (AvgIpc) is 3.05. The molecular formula is C14H24N2S2. The molecular weight excluding hydrogens is 260 g/mol. The molecule has 0 atom stereocenters. The first kappa shape index (κ1) is 14.4. The zero-order valence-electron chi connectivity index (χ0n) is 11.9. The molecule has 0 spiro atoms. The van der Waals surface area contributed by atoms with Gasteiger partial charge in [-0.1, -0.05) is 27.7 Å². The third-order valence-electron chi connectivity index (χ3n) is 2.90. The lowest BCUT2D eigenvalue weighted by molar-refractivity contribution is 0.726. The summed E-state index contributed by atoms with van der Waals surface area (Å²) in [6, 6.07) is 0. The van der Waals surface area contributed by atoms with Gasteiger partial charge in [-0.3, -0.25) is 0 Å². The van der Waals surface area contributed by atoms with Crippen LogP contribution >= 0.6 is 23.1 Å². The highest BCUT2D eigenvalue weighted by atomic mass is 32.2. The van der Waals surface area contributed by atoms with Crippen molar-refractivity contribution in [2.24, 2.45) is 0 Å². The second-order valence-corrected chi connectivity index (χ2v) is 8.84. The highest BCUT2D eigenvalue weighted by molar-refractivity contribution is 7.99. The first-order chi connectivity index (χ1) is 8.49. The SMILES string of the molecule is CCNCc1sc(CSC(C)(C)C)nc1C1CC1. The van der Waals surface area contributed by atoms with E-state index in [1.54, 1.807) is 0 Å². The first-order valence-corrected chi connectivity index (χ1v) is 8.63. The Balaban J connectivity index is 2.02. The van der Waals surface area contributed by atoms with Gasteiger partial charge >= 0.3 is 0 Å². The van der Waals surface area contributed by atoms with Crippen LogP contribution in [0.4, 0.5) is 0 Å². The third-order valence-corrected chi connectivity index (χ3v) is 5.44. The number of thiazole rings is 1. The van der Waals surface area contributed by atoms with Gasteiger partial charge in [-0.2, -0.15) is 0 Å². The molecule has 0 aliphatic heterocycles. The van der Waals surface area contributed by atoms with Crippen molar-refractivity contribution in [2.75, 3.05) is 6.54 Å². The number of nitrogens with one attached hydrogen (secondary N) is 1. The number of nitrogens with zero attached hydrogens (tertiary/aromatic N) is 1. The molecule has 0 radical (unpaired) electrons. The molecule has 18 heavy (non-hydrogen) atoms. The fourth-order valence-electron chi connectivity index (χ4n) is 1.79. The lowest BCUT2D eigenvalue weighted by Gasteiger charge is -2.16. The van der Waals surface area contributed by atoms with Crippen molar-refractivity contribution in [2.45, 2.75) is 63.5 Å². The highest BCUT2D eigenvalue weighted by Gasteiger charge is 2.29. The molecule has 0 bridgehead atoms. The van der Waals surface area contributed by atoms with Gasteiger partial charge in [-0.05, 0) is 19.4 Å². The Morgan fingerprint density at radius 1 is 1.39 bits per heavy atom. The Hall–Kier alpha value is -0.0600. The number of hydrogen-bond acceptors (Lipinski definition) is 4. The summed E-state index contributed by atoms with van der Waals surface area (Å²) in [5, 5.41) is 4.75. The van der Waals surface area contributed by atoms with Crippen LogP contribution in [-0.4, -0.2) is 16.3 Å². The van der Waals surface area contributed by atoms with Gasteiger partial charge in [-0.15, -0.1) is 23.1 Å². The molecule has 1 aliphatic rings. The molecule has 0 unspecified atom stereocenters. The van der Waals surface area contributed by atoms with Gasteiger partial charge in [0, 0.05) is 27.8 Å². The molecule has 4 heteroatoms. The van der Waals surface area contributed by atoms with Crippen LogP contribution in [0, 0.1) is 0 Å². The van der Waals surface area contributed by atoms with Crippen LogP contribution in [0.5, 0.6) is 0 Å². The van der Waals surface area contributed by atoms with Crippen LogP contribution in [0.2, 0.25) is 0 Å². The van der Waals surface area contributed by atoms with Crippen LogP contribution in [0.15, 0.2) is 0 Å². The molecule has 1 N–H and O–H groups in total. The van der Waals surface area contributed by atoms with Crippen LogP contribution < -0.4 is 5.32 Å². The van der Waals surface area contributed by atoms with Crippen molar-refractivity contribution in [3.8, 4) is 0 Å². The number of thioether (sulfide) groups is 1. The summed E-state index contributed by atoms with van der Waals surface area (Å²) in [6.45, 7) is 11.0. The van der Waals surface area contributed by atoms with Crippen molar-refractivity contribution in [1.29, 1.82) is 0 Å². The normalized spacial score (nSPS) is 16.2. The Morgan fingerprint density at radius 3 is 2.67 bits per heavy atom. The number of rotatable bonds is 6. The second-order valence-electron chi connectivity index (χ2n) is 5.87. The summed E-state index contributed by atoms with van der Waals surface area (Å²) in [4.78, 5) is 6.36. The average molecular weight is 284 g/mol. The monoisotopic (exact) mass is 284 g/mol. The Kier molecular flexibility index (Phi) is 4.73. The van der Waals surface area contributed by atoms with E-state index in [0.717, 1.165) is 24.8 Å². The van der Waals surface area contributed by atoms with Crippen molar-refractivity contribution in [3.05, 3.63) is 15.6 Å². The minimum atomic E-state index is 0.327. The van der Waals surface area contributed by atoms with Crippen LogP contribution in [0.3, 0.4) is 0 Å². The van der Waals surface area contributed by atoms with E-state index in [2.05, 4.69) is 33.0 Å². The van der Waals surface area contributed by atoms with Gasteiger partial charge < -0.3 is 5.32 Å². The maximum absolute atomic E-state index is 4.89. The largest absolute Gasteiger partial charge is 0.312 e. The Bertz CT molecular complexity index is 389. The van der Waals surface area contributed by atoms with E-state index in [1.807, 2.05) is 23.1 Å². The molecule has 1 saturated carbocycles. The van der Waals surface area contributed by atoms with Crippen molar-refractivity contribution in [1.82, 2.24) is 10.3 Å². The second kappa shape index (κ2) is 5.93. The lowest BCUT2D eigenvalue weighted by Crippen LogP contribution is -2.11. The summed E-state index contributed by atoms with van der Waals surface area (Å²) in [5.41, 5.74) is 1.39. The molecule has 1 fully saturated rings. The molecule has 2 rings (SSSR count). The number of aromatic nitrogens is 1. The lowest BCUT2D eigenvalue weighted by atomic mass is 10.2. The molecule has 0 amide bonds. The van der Waals surface area contributed by atoms with E-state index >= 15 is 0 Å². The van der Waals surface area contributed by atoms with Gasteiger partial charge in [0.2, 0.25) is 0 Å². The highest BCUT2D eigenvalue weighted by Crippen LogP contribution is 2.43. The van der Waals surface area contributed by atoms with E-state index < -0.39 is 0 Å². The number of hydrogen-bond donors (Lipinski definition) is 1. The predicted octanol–water partition coefficient (Wildman–Crippen LogP) is 4.16. The maximum Gasteiger partial charge on any atom is 0.103 e. The van der Waals surface area contributed by atoms with Crippen LogP contribution in [0.1, 0.15) is 62.0 Å². The van der Waals surface area contributed by atoms with Gasteiger partial charge in [0.05, 0.1) is 5.69 Å². The summed E-state index contributed by atoms with van der Waals surface area (Å²) in [6.07, 6.45) is 2.68. The van der Waals surface area contributed by atoms with Gasteiger partial charge in [0.1, 0.15) is 5.01 Å². The Morgan fingerprint density at radius 2 is 2.11 bits per heavy atom. The molecule has 0 aromatic carbocycles. The predicted molar refractivity (Wildman–Crippen MR) is 82.5 cm³/mol. The fraction of sp³-hybridized carbons (Fsp3) is 0.786. The van der Waals surface area contributed by atoms with Crippen molar-refractivity contribution < 1.29 is 0 Å². The Labute approximate surface area is 119 Å². The summed E-state index contributed by atoms with van der Waals surface area (Å²) >= 11 is 3.91. The van der Waals surface area contributed by atoms with Gasteiger partial charge in [0.15, 0.2) is 0 Å². The van der Waals surface area contributed by atoms with E-state index in [1.165, 1.54) is 28.4 Å². The van der Waals surface area contributed by atoms with E-state index in [9.17, 15) is 0 Å². The molecule has 102 valence electrons. The molecule has 2 nitrogen and oxygen atoms in total. The van der Waals surface area contributed by atoms with E-state index in [-0.39, 0.29) is 0 Å². The molecule has 1 aromatic heterocycles. The first-order valence-electron chi connectivity index (χ1n) is 6.82. The summed E-state index contributed by atoms with van der Waals surface area (Å²) in [5.74, 6) is 1.82. The third kappa shape index (κ3) is 4.25. The quantitative estimate of drug-likeness (QED) is 0.849. The van der Waals surface area contributed by atoms with E-state index in [4.69, 9.17) is 4.98 Å². The van der Waals surface area contributed by atoms with Crippen molar-refractivity contribution in [3.63, 3.8) is 0 Å². The summed E-state index contributed by atoms with van der Waals surface area (Å²) < 4.78 is 0.327. The fourth-order valence-corrected chi connectivity index (χ4v) is 3.75. The zero-order chi connectivity index (χ0) is 13.2. The zero-order valence-corrected chi connectivity index (χ0v) is 13.5. The molecule has 1 heterocycles. The minimum Gasteiger partial charge on any atom is -0.312 e. The van der Waals surface area contributed by atoms with Gasteiger partial charge in [0.25, 0.3) is 0 Å². The van der Waals surface area contributed by atoms with E-state index in [0.29, 0.717) is 4.75 Å². The smallest absolute Gasteiger partial charge is 0.103 e.